The molecule has 4 aromatic rings. The van der Waals surface area contributed by atoms with Gasteiger partial charge in [-0.3, -0.25) is 0 Å². The van der Waals surface area contributed by atoms with Crippen LogP contribution >= 0.6 is 0 Å². The van der Waals surface area contributed by atoms with E-state index >= 15 is 8.78 Å². The lowest BCUT2D eigenvalue weighted by Gasteiger charge is -2.12. The van der Waals surface area contributed by atoms with E-state index < -0.39 is 34.9 Å². The molecule has 4 rings (SSSR count). The Morgan fingerprint density at radius 3 is 1.61 bits per heavy atom. The van der Waals surface area contributed by atoms with Crippen LogP contribution in [-0.2, 0) is 12.8 Å². The van der Waals surface area contributed by atoms with Crippen LogP contribution in [-0.4, -0.2) is 0 Å². The summed E-state index contributed by atoms with van der Waals surface area (Å²) in [5, 5.41) is 0. The number of halogens is 6. The molecule has 0 amide bonds. The third kappa shape index (κ3) is 4.90. The largest absolute Gasteiger partial charge is 0.207 e. The van der Waals surface area contributed by atoms with Gasteiger partial charge < -0.3 is 0 Å². The molecule has 0 radical (unpaired) electrons. The van der Waals surface area contributed by atoms with Crippen LogP contribution in [0.4, 0.5) is 26.3 Å². The van der Waals surface area contributed by atoms with Gasteiger partial charge in [0.1, 0.15) is 23.3 Å². The third-order valence-corrected chi connectivity index (χ3v) is 6.20. The van der Waals surface area contributed by atoms with Crippen LogP contribution in [0.1, 0.15) is 37.8 Å². The van der Waals surface area contributed by atoms with Gasteiger partial charge in [-0.1, -0.05) is 63.1 Å². The highest BCUT2D eigenvalue weighted by molar-refractivity contribution is 5.75. The van der Waals surface area contributed by atoms with Gasteiger partial charge in [-0.25, -0.2) is 26.3 Å². The lowest BCUT2D eigenvalue weighted by atomic mass is 9.95. The smallest absolute Gasteiger partial charge is 0.167 e. The summed E-state index contributed by atoms with van der Waals surface area (Å²) in [5.74, 6) is -5.34. The highest BCUT2D eigenvalue weighted by atomic mass is 19.2. The highest BCUT2D eigenvalue weighted by Gasteiger charge is 2.20. The number of benzene rings is 4. The fourth-order valence-corrected chi connectivity index (χ4v) is 4.34. The lowest BCUT2D eigenvalue weighted by Crippen LogP contribution is -1.98. The van der Waals surface area contributed by atoms with Gasteiger partial charge in [0.25, 0.3) is 0 Å². The molecule has 0 atom stereocenters. The van der Waals surface area contributed by atoms with E-state index in [1.165, 1.54) is 36.4 Å². The zero-order valence-corrected chi connectivity index (χ0v) is 19.9. The van der Waals surface area contributed by atoms with Crippen molar-refractivity contribution in [1.29, 1.82) is 0 Å². The van der Waals surface area contributed by atoms with E-state index in [4.69, 9.17) is 0 Å². The van der Waals surface area contributed by atoms with Crippen molar-refractivity contribution in [1.82, 2.24) is 0 Å². The molecule has 0 aliphatic rings. The van der Waals surface area contributed by atoms with Gasteiger partial charge in [0.2, 0.25) is 0 Å². The normalized spacial score (nSPS) is 11.2. The molecule has 0 aliphatic carbocycles. The summed E-state index contributed by atoms with van der Waals surface area (Å²) in [7, 11) is 0. The summed E-state index contributed by atoms with van der Waals surface area (Å²) in [5.41, 5.74) is 0.267. The van der Waals surface area contributed by atoms with Gasteiger partial charge >= 0.3 is 0 Å². The second-order valence-electron chi connectivity index (χ2n) is 8.71. The molecular weight excluding hydrogens is 474 g/mol. The zero-order valence-electron chi connectivity index (χ0n) is 19.9. The zero-order chi connectivity index (χ0) is 26.0. The van der Waals surface area contributed by atoms with Crippen molar-refractivity contribution in [2.75, 3.05) is 0 Å². The van der Waals surface area contributed by atoms with E-state index in [0.29, 0.717) is 18.4 Å². The molecule has 0 N–H and O–H groups in total. The number of hydrogen-bond donors (Lipinski definition) is 0. The Balaban J connectivity index is 1.69. The van der Waals surface area contributed by atoms with Crippen molar-refractivity contribution in [2.45, 2.75) is 39.5 Å². The Bertz CT molecular complexity index is 1400. The Morgan fingerprint density at radius 1 is 0.472 bits per heavy atom. The maximum absolute atomic E-state index is 15.0. The standard InChI is InChI=1S/C30H24F6/c1-3-5-17-7-8-19(14-25(17)31)21-11-12-23(30(36)29(21)35)22-10-9-18(13-26(22)32)20-15-27(33)24(6-4-2)28(34)16-20/h7-16H,3-6H2,1-2H3. The topological polar surface area (TPSA) is 0 Å². The average molecular weight is 499 g/mol. The van der Waals surface area contributed by atoms with E-state index in [1.807, 2.05) is 6.92 Å². The van der Waals surface area contributed by atoms with Crippen LogP contribution in [0.15, 0.2) is 60.7 Å². The predicted octanol–water partition coefficient (Wildman–Crippen LogP) is 9.43. The summed E-state index contributed by atoms with van der Waals surface area (Å²) >= 11 is 0. The molecule has 36 heavy (non-hydrogen) atoms. The van der Waals surface area contributed by atoms with Crippen LogP contribution in [0, 0.1) is 34.9 Å². The Hall–Kier alpha value is -3.54. The van der Waals surface area contributed by atoms with Gasteiger partial charge in [0.15, 0.2) is 11.6 Å². The van der Waals surface area contributed by atoms with Crippen LogP contribution in [0.2, 0.25) is 0 Å². The van der Waals surface area contributed by atoms with Gasteiger partial charge in [-0.05, 0) is 59.4 Å². The van der Waals surface area contributed by atoms with Gasteiger partial charge in [-0.15, -0.1) is 0 Å². The SMILES string of the molecule is CCCc1ccc(-c2ccc(-c3ccc(-c4cc(F)c(CCC)c(F)c4)cc3F)c(F)c2F)cc1F. The van der Waals surface area contributed by atoms with E-state index in [2.05, 4.69) is 0 Å². The van der Waals surface area contributed by atoms with E-state index in [-0.39, 0.29) is 45.4 Å². The molecular formula is C30H24F6. The van der Waals surface area contributed by atoms with E-state index in [9.17, 15) is 17.6 Å². The molecule has 6 heteroatoms. The Kier molecular flexibility index (Phi) is 7.53. The molecule has 0 aromatic heterocycles. The van der Waals surface area contributed by atoms with Crippen LogP contribution in [0.25, 0.3) is 33.4 Å². The molecule has 0 unspecified atom stereocenters. The first kappa shape index (κ1) is 25.5. The van der Waals surface area contributed by atoms with Gasteiger partial charge in [0, 0.05) is 22.3 Å². The lowest BCUT2D eigenvalue weighted by molar-refractivity contribution is 0.512. The van der Waals surface area contributed by atoms with Gasteiger partial charge in [-0.2, -0.15) is 0 Å². The van der Waals surface area contributed by atoms with Crippen molar-refractivity contribution in [3.8, 4) is 33.4 Å². The predicted molar refractivity (Wildman–Crippen MR) is 130 cm³/mol. The first-order valence-electron chi connectivity index (χ1n) is 11.8. The monoisotopic (exact) mass is 498 g/mol. The molecule has 0 fully saturated rings. The Morgan fingerprint density at radius 2 is 1.00 bits per heavy atom. The number of aryl methyl sites for hydroxylation is 1. The molecule has 4 aromatic carbocycles. The van der Waals surface area contributed by atoms with Crippen LogP contribution in [0.5, 0.6) is 0 Å². The maximum atomic E-state index is 15.0. The summed E-state index contributed by atoms with van der Waals surface area (Å²) in [6.45, 7) is 3.71. The van der Waals surface area contributed by atoms with Crippen molar-refractivity contribution in [3.63, 3.8) is 0 Å². The van der Waals surface area contributed by atoms with Gasteiger partial charge in [0.05, 0.1) is 0 Å². The van der Waals surface area contributed by atoms with Crippen molar-refractivity contribution in [3.05, 3.63) is 107 Å². The molecule has 0 aliphatic heterocycles. The molecule has 0 saturated carbocycles. The fourth-order valence-electron chi connectivity index (χ4n) is 4.34. The van der Waals surface area contributed by atoms with E-state index in [0.717, 1.165) is 30.7 Å². The second kappa shape index (κ2) is 10.6. The van der Waals surface area contributed by atoms with Crippen molar-refractivity contribution < 1.29 is 26.3 Å². The number of rotatable bonds is 7. The summed E-state index contributed by atoms with van der Waals surface area (Å²) < 4.78 is 88.0. The summed E-state index contributed by atoms with van der Waals surface area (Å²) in [6, 6.07) is 12.6. The molecule has 0 spiro atoms. The summed E-state index contributed by atoms with van der Waals surface area (Å²) in [6.07, 6.45) is 2.07. The van der Waals surface area contributed by atoms with Crippen molar-refractivity contribution >= 4 is 0 Å². The highest BCUT2D eigenvalue weighted by Crippen LogP contribution is 2.35. The fraction of sp³-hybridized carbons (Fsp3) is 0.200. The summed E-state index contributed by atoms with van der Waals surface area (Å²) in [4.78, 5) is 0. The molecule has 0 bridgehead atoms. The average Bonchev–Trinajstić information content (AvgIpc) is 2.84. The third-order valence-electron chi connectivity index (χ3n) is 6.20. The first-order chi connectivity index (χ1) is 17.2. The molecule has 186 valence electrons. The van der Waals surface area contributed by atoms with E-state index in [1.54, 1.807) is 6.92 Å². The minimum absolute atomic E-state index is 0.0316. The molecule has 0 saturated heterocycles. The molecule has 0 nitrogen and oxygen atoms in total. The maximum Gasteiger partial charge on any atom is 0.167 e. The quantitative estimate of drug-likeness (QED) is 0.223. The van der Waals surface area contributed by atoms with Crippen molar-refractivity contribution in [2.24, 2.45) is 0 Å². The van der Waals surface area contributed by atoms with Crippen LogP contribution in [0.3, 0.4) is 0 Å². The Labute approximate surface area is 206 Å². The minimum atomic E-state index is -1.28. The first-order valence-corrected chi connectivity index (χ1v) is 11.8. The molecule has 0 heterocycles. The minimum Gasteiger partial charge on any atom is -0.207 e. The number of hydrogen-bond acceptors (Lipinski definition) is 0. The van der Waals surface area contributed by atoms with Crippen LogP contribution < -0.4 is 0 Å². The second-order valence-corrected chi connectivity index (χ2v) is 8.71.